The van der Waals surface area contributed by atoms with Gasteiger partial charge in [0, 0.05) is 19.9 Å². The lowest BCUT2D eigenvalue weighted by molar-refractivity contribution is 0.102. The molecule has 0 aliphatic carbocycles. The number of amides is 1. The molecule has 7 nitrogen and oxygen atoms in total. The number of anilines is 1. The Kier molecular flexibility index (Phi) is 4.23. The Morgan fingerprint density at radius 3 is 3.00 bits per heavy atom. The van der Waals surface area contributed by atoms with E-state index in [0.29, 0.717) is 10.7 Å². The SMILES string of the molecule is CCn1cc(C(=O)Nc2nnc(C(C)OC)s2)cn1. The van der Waals surface area contributed by atoms with Crippen LogP contribution in [-0.4, -0.2) is 33.0 Å². The van der Waals surface area contributed by atoms with Gasteiger partial charge in [-0.2, -0.15) is 5.10 Å². The average molecular weight is 281 g/mol. The number of hydrogen-bond acceptors (Lipinski definition) is 6. The van der Waals surface area contributed by atoms with Crippen molar-refractivity contribution in [1.82, 2.24) is 20.0 Å². The maximum absolute atomic E-state index is 11.9. The molecule has 0 aliphatic heterocycles. The van der Waals surface area contributed by atoms with Gasteiger partial charge in [0.25, 0.3) is 5.91 Å². The number of hydrogen-bond donors (Lipinski definition) is 1. The fourth-order valence-electron chi connectivity index (χ4n) is 1.37. The van der Waals surface area contributed by atoms with Crippen LogP contribution in [0, 0.1) is 0 Å². The van der Waals surface area contributed by atoms with Crippen molar-refractivity contribution < 1.29 is 9.53 Å². The number of aryl methyl sites for hydroxylation is 1. The third-order valence-electron chi connectivity index (χ3n) is 2.58. The van der Waals surface area contributed by atoms with Crippen LogP contribution in [0.25, 0.3) is 0 Å². The summed E-state index contributed by atoms with van der Waals surface area (Å²) in [4.78, 5) is 11.9. The van der Waals surface area contributed by atoms with Crippen LogP contribution >= 0.6 is 11.3 Å². The van der Waals surface area contributed by atoms with E-state index < -0.39 is 0 Å². The molecule has 1 N–H and O–H groups in total. The summed E-state index contributed by atoms with van der Waals surface area (Å²) in [5.41, 5.74) is 0.499. The zero-order chi connectivity index (χ0) is 13.8. The maximum Gasteiger partial charge on any atom is 0.260 e. The molecule has 0 bridgehead atoms. The van der Waals surface area contributed by atoms with Gasteiger partial charge in [-0.15, -0.1) is 10.2 Å². The van der Waals surface area contributed by atoms with Gasteiger partial charge in [0.15, 0.2) is 0 Å². The highest BCUT2D eigenvalue weighted by Crippen LogP contribution is 2.23. The Hall–Kier alpha value is -1.80. The zero-order valence-electron chi connectivity index (χ0n) is 11.0. The largest absolute Gasteiger partial charge is 0.374 e. The van der Waals surface area contributed by atoms with Crippen molar-refractivity contribution in [2.45, 2.75) is 26.5 Å². The minimum Gasteiger partial charge on any atom is -0.374 e. The molecule has 0 fully saturated rings. The van der Waals surface area contributed by atoms with E-state index in [0.717, 1.165) is 11.6 Å². The molecule has 1 unspecified atom stereocenters. The highest BCUT2D eigenvalue weighted by atomic mass is 32.1. The van der Waals surface area contributed by atoms with Crippen molar-refractivity contribution in [3.63, 3.8) is 0 Å². The topological polar surface area (TPSA) is 81.9 Å². The van der Waals surface area contributed by atoms with Crippen LogP contribution in [0.5, 0.6) is 0 Å². The summed E-state index contributed by atoms with van der Waals surface area (Å²) < 4.78 is 6.83. The van der Waals surface area contributed by atoms with Gasteiger partial charge in [-0.05, 0) is 13.8 Å². The first-order valence-electron chi connectivity index (χ1n) is 5.84. The Morgan fingerprint density at radius 2 is 2.37 bits per heavy atom. The summed E-state index contributed by atoms with van der Waals surface area (Å²) in [6.07, 6.45) is 3.08. The molecule has 0 spiro atoms. The lowest BCUT2D eigenvalue weighted by atomic mass is 10.3. The number of nitrogens with zero attached hydrogens (tertiary/aromatic N) is 4. The van der Waals surface area contributed by atoms with Gasteiger partial charge in [-0.25, -0.2) is 0 Å². The quantitative estimate of drug-likeness (QED) is 0.902. The van der Waals surface area contributed by atoms with Crippen molar-refractivity contribution in [3.05, 3.63) is 23.0 Å². The molecule has 0 radical (unpaired) electrons. The van der Waals surface area contributed by atoms with Crippen LogP contribution in [0.1, 0.15) is 35.3 Å². The molecular formula is C11H15N5O2S. The molecule has 1 atom stereocenters. The van der Waals surface area contributed by atoms with E-state index in [2.05, 4.69) is 20.6 Å². The number of aromatic nitrogens is 4. The number of ether oxygens (including phenoxy) is 1. The van der Waals surface area contributed by atoms with Crippen molar-refractivity contribution in [2.24, 2.45) is 0 Å². The van der Waals surface area contributed by atoms with Gasteiger partial charge in [-0.3, -0.25) is 14.8 Å². The van der Waals surface area contributed by atoms with E-state index in [1.165, 1.54) is 17.5 Å². The third-order valence-corrected chi connectivity index (χ3v) is 3.58. The van der Waals surface area contributed by atoms with Gasteiger partial charge >= 0.3 is 0 Å². The van der Waals surface area contributed by atoms with Crippen LogP contribution in [0.3, 0.4) is 0 Å². The molecule has 2 aromatic rings. The van der Waals surface area contributed by atoms with E-state index in [1.54, 1.807) is 18.0 Å². The van der Waals surface area contributed by atoms with Crippen LogP contribution < -0.4 is 5.32 Å². The van der Waals surface area contributed by atoms with Crippen LogP contribution in [0.4, 0.5) is 5.13 Å². The summed E-state index contributed by atoms with van der Waals surface area (Å²) in [5, 5.41) is 15.8. The van der Waals surface area contributed by atoms with Gasteiger partial charge in [0.1, 0.15) is 11.1 Å². The summed E-state index contributed by atoms with van der Waals surface area (Å²) in [5.74, 6) is -0.243. The standard InChI is InChI=1S/C11H15N5O2S/c1-4-16-6-8(5-12-16)9(17)13-11-15-14-10(19-11)7(2)18-3/h5-7H,4H2,1-3H3,(H,13,15,17). The predicted molar refractivity (Wildman–Crippen MR) is 71.2 cm³/mol. The van der Waals surface area contributed by atoms with Crippen molar-refractivity contribution >= 4 is 22.4 Å². The average Bonchev–Trinajstić information content (AvgIpc) is 3.06. The number of carbonyl (C=O) groups is 1. The molecule has 2 rings (SSSR count). The summed E-state index contributed by atoms with van der Waals surface area (Å²) in [6, 6.07) is 0. The van der Waals surface area contributed by atoms with Gasteiger partial charge in [-0.1, -0.05) is 11.3 Å². The number of methoxy groups -OCH3 is 1. The monoisotopic (exact) mass is 281 g/mol. The molecule has 2 aromatic heterocycles. The predicted octanol–water partition coefficient (Wildman–Crippen LogP) is 1.71. The second kappa shape index (κ2) is 5.89. The minimum atomic E-state index is -0.243. The van der Waals surface area contributed by atoms with Crippen molar-refractivity contribution in [2.75, 3.05) is 12.4 Å². The molecule has 0 aromatic carbocycles. The first kappa shape index (κ1) is 13.6. The van der Waals surface area contributed by atoms with E-state index in [9.17, 15) is 4.79 Å². The van der Waals surface area contributed by atoms with Crippen LogP contribution in [-0.2, 0) is 11.3 Å². The van der Waals surface area contributed by atoms with Crippen molar-refractivity contribution in [3.8, 4) is 0 Å². The fraction of sp³-hybridized carbons (Fsp3) is 0.455. The molecule has 19 heavy (non-hydrogen) atoms. The van der Waals surface area contributed by atoms with E-state index in [-0.39, 0.29) is 12.0 Å². The molecule has 102 valence electrons. The lowest BCUT2D eigenvalue weighted by Gasteiger charge is -2.02. The summed E-state index contributed by atoms with van der Waals surface area (Å²) in [7, 11) is 1.60. The minimum absolute atomic E-state index is 0.133. The zero-order valence-corrected chi connectivity index (χ0v) is 11.8. The molecule has 1 amide bonds. The smallest absolute Gasteiger partial charge is 0.260 e. The van der Waals surface area contributed by atoms with E-state index in [1.807, 2.05) is 13.8 Å². The van der Waals surface area contributed by atoms with Crippen molar-refractivity contribution in [1.29, 1.82) is 0 Å². The summed E-state index contributed by atoms with van der Waals surface area (Å²) in [6.45, 7) is 4.55. The number of carbonyl (C=O) groups excluding carboxylic acids is 1. The Morgan fingerprint density at radius 1 is 1.58 bits per heavy atom. The lowest BCUT2D eigenvalue weighted by Crippen LogP contribution is -2.10. The fourth-order valence-corrected chi connectivity index (χ4v) is 2.14. The van der Waals surface area contributed by atoms with Gasteiger partial charge in [0.2, 0.25) is 5.13 Å². The molecule has 8 heteroatoms. The molecule has 0 saturated heterocycles. The van der Waals surface area contributed by atoms with Crippen LogP contribution in [0.2, 0.25) is 0 Å². The normalized spacial score (nSPS) is 12.4. The van der Waals surface area contributed by atoms with E-state index >= 15 is 0 Å². The highest BCUT2D eigenvalue weighted by molar-refractivity contribution is 7.15. The van der Waals surface area contributed by atoms with Gasteiger partial charge in [0.05, 0.1) is 11.8 Å². The summed E-state index contributed by atoms with van der Waals surface area (Å²) >= 11 is 1.29. The second-order valence-electron chi connectivity index (χ2n) is 3.86. The number of rotatable bonds is 5. The Labute approximate surface area is 114 Å². The first-order valence-corrected chi connectivity index (χ1v) is 6.65. The molecular weight excluding hydrogens is 266 g/mol. The Balaban J connectivity index is 2.04. The first-order chi connectivity index (χ1) is 9.13. The second-order valence-corrected chi connectivity index (χ2v) is 4.87. The number of nitrogens with one attached hydrogen (secondary N) is 1. The molecule has 0 saturated carbocycles. The highest BCUT2D eigenvalue weighted by Gasteiger charge is 2.14. The van der Waals surface area contributed by atoms with Gasteiger partial charge < -0.3 is 4.74 Å². The molecule has 0 aliphatic rings. The maximum atomic E-state index is 11.9. The Bertz CT molecular complexity index is 565. The third kappa shape index (κ3) is 3.15. The molecule has 2 heterocycles. The van der Waals surface area contributed by atoms with E-state index in [4.69, 9.17) is 4.74 Å². The van der Waals surface area contributed by atoms with Crippen LogP contribution in [0.15, 0.2) is 12.4 Å².